The van der Waals surface area contributed by atoms with Gasteiger partial charge in [-0.05, 0) is 49.1 Å². The number of carbonyl (C=O) groups is 1. The first-order valence-corrected chi connectivity index (χ1v) is 9.54. The van der Waals surface area contributed by atoms with Gasteiger partial charge in [-0.3, -0.25) is 4.79 Å². The van der Waals surface area contributed by atoms with Crippen LogP contribution in [0.3, 0.4) is 0 Å². The highest BCUT2D eigenvalue weighted by Crippen LogP contribution is 2.52. The van der Waals surface area contributed by atoms with Crippen molar-refractivity contribution in [3.8, 4) is 5.75 Å². The monoisotopic (exact) mass is 374 g/mol. The molecule has 0 spiro atoms. The topological polar surface area (TPSA) is 35.5 Å². The van der Waals surface area contributed by atoms with Crippen molar-refractivity contribution in [3.05, 3.63) is 63.3 Å². The number of thiophene rings is 1. The fourth-order valence-corrected chi connectivity index (χ4v) is 4.96. The Labute approximate surface area is 156 Å². The van der Waals surface area contributed by atoms with Crippen molar-refractivity contribution in [2.45, 2.75) is 25.9 Å². The molecule has 1 aromatic carbocycles. The van der Waals surface area contributed by atoms with Gasteiger partial charge in [0.15, 0.2) is 0 Å². The van der Waals surface area contributed by atoms with Crippen LogP contribution in [-0.2, 0) is 22.6 Å². The molecule has 0 N–H and O–H groups in total. The Bertz CT molecular complexity index is 828. The second kappa shape index (κ2) is 6.50. The number of fused-ring (bicyclic) bond motifs is 1. The lowest BCUT2D eigenvalue weighted by atomic mass is 9.75. The molecule has 0 amide bonds. The van der Waals surface area contributed by atoms with Crippen molar-refractivity contribution in [2.24, 2.45) is 11.3 Å². The number of hydrogen-bond acceptors (Lipinski definition) is 4. The van der Waals surface area contributed by atoms with Gasteiger partial charge in [-0.15, -0.1) is 11.3 Å². The first-order chi connectivity index (χ1) is 12.0. The van der Waals surface area contributed by atoms with E-state index in [0.29, 0.717) is 19.6 Å². The third-order valence-electron chi connectivity index (χ3n) is 5.13. The van der Waals surface area contributed by atoms with Crippen LogP contribution >= 0.6 is 22.9 Å². The molecule has 2 aliphatic rings. The van der Waals surface area contributed by atoms with E-state index < -0.39 is 5.41 Å². The zero-order chi connectivity index (χ0) is 17.4. The van der Waals surface area contributed by atoms with Gasteiger partial charge in [-0.2, -0.15) is 0 Å². The van der Waals surface area contributed by atoms with Crippen molar-refractivity contribution in [1.82, 2.24) is 0 Å². The highest BCUT2D eigenvalue weighted by molar-refractivity contribution is 7.16. The summed E-state index contributed by atoms with van der Waals surface area (Å²) in [5.41, 5.74) is 1.82. The molecule has 130 valence electrons. The number of cyclic esters (lactones) is 1. The molecule has 0 radical (unpaired) electrons. The maximum Gasteiger partial charge on any atom is 0.313 e. The number of rotatable bonds is 5. The van der Waals surface area contributed by atoms with Gasteiger partial charge >= 0.3 is 5.97 Å². The number of esters is 1. The highest BCUT2D eigenvalue weighted by Gasteiger charge is 2.55. The van der Waals surface area contributed by atoms with Crippen molar-refractivity contribution >= 4 is 28.9 Å². The van der Waals surface area contributed by atoms with Gasteiger partial charge in [-0.1, -0.05) is 35.9 Å². The van der Waals surface area contributed by atoms with E-state index in [1.54, 1.807) is 0 Å². The lowest BCUT2D eigenvalue weighted by molar-refractivity contribution is -0.146. The number of benzene rings is 1. The van der Waals surface area contributed by atoms with E-state index in [1.165, 1.54) is 11.3 Å². The van der Waals surface area contributed by atoms with E-state index in [9.17, 15) is 4.79 Å². The lowest BCUT2D eigenvalue weighted by Gasteiger charge is -2.24. The molecule has 25 heavy (non-hydrogen) atoms. The van der Waals surface area contributed by atoms with Gasteiger partial charge < -0.3 is 9.47 Å². The zero-order valence-electron chi connectivity index (χ0n) is 13.8. The maximum atomic E-state index is 12.4. The molecule has 0 bridgehead atoms. The molecule has 4 rings (SSSR count). The van der Waals surface area contributed by atoms with E-state index in [4.69, 9.17) is 21.1 Å². The Hall–Kier alpha value is -1.78. The van der Waals surface area contributed by atoms with Gasteiger partial charge in [0.05, 0.1) is 16.4 Å². The number of allylic oxidation sites excluding steroid dienone is 1. The number of halogens is 1. The summed E-state index contributed by atoms with van der Waals surface area (Å²) in [4.78, 5) is 13.5. The van der Waals surface area contributed by atoms with Crippen molar-refractivity contribution < 1.29 is 14.3 Å². The van der Waals surface area contributed by atoms with Crippen LogP contribution in [0.15, 0.2) is 48.6 Å². The number of carbonyl (C=O) groups excluding carboxylic acids is 1. The summed E-state index contributed by atoms with van der Waals surface area (Å²) in [6.45, 7) is 5.11. The van der Waals surface area contributed by atoms with Crippen LogP contribution in [0.2, 0.25) is 4.34 Å². The van der Waals surface area contributed by atoms with Gasteiger partial charge in [0.1, 0.15) is 12.4 Å². The summed E-state index contributed by atoms with van der Waals surface area (Å²) in [5, 5.41) is 0. The quantitative estimate of drug-likeness (QED) is 0.543. The molecule has 2 atom stereocenters. The minimum atomic E-state index is -0.434. The molecule has 2 heterocycles. The third-order valence-corrected chi connectivity index (χ3v) is 6.34. The summed E-state index contributed by atoms with van der Waals surface area (Å²) in [7, 11) is 0. The molecule has 1 saturated heterocycles. The molecule has 2 aromatic rings. The predicted octanol–water partition coefficient (Wildman–Crippen LogP) is 5.03. The fraction of sp³-hybridized carbons (Fsp3) is 0.350. The van der Waals surface area contributed by atoms with Crippen LogP contribution in [0.5, 0.6) is 5.75 Å². The van der Waals surface area contributed by atoms with E-state index in [-0.39, 0.29) is 11.9 Å². The molecule has 1 saturated carbocycles. The molecule has 1 aromatic heterocycles. The van der Waals surface area contributed by atoms with Crippen LogP contribution in [-0.4, -0.2) is 12.6 Å². The average molecular weight is 375 g/mol. The minimum absolute atomic E-state index is 0.0734. The smallest absolute Gasteiger partial charge is 0.313 e. The average Bonchev–Trinajstić information content (AvgIpc) is 3.22. The van der Waals surface area contributed by atoms with Gasteiger partial charge in [-0.25, -0.2) is 0 Å². The molecule has 3 nitrogen and oxygen atoms in total. The zero-order valence-corrected chi connectivity index (χ0v) is 15.4. The van der Waals surface area contributed by atoms with Gasteiger partial charge in [0.2, 0.25) is 0 Å². The third kappa shape index (κ3) is 3.21. The normalized spacial score (nSPS) is 25.1. The Kier molecular flexibility index (Phi) is 4.34. The standard InChI is InChI=1S/C20H19ClO3S/c1-13-7-15-11-24-19(22)20(15,9-13)10-14-3-2-4-16(8-14)23-12-17-5-6-18(21)25-17/h2-6,8,15H,1,7,9-12H2. The van der Waals surface area contributed by atoms with Crippen LogP contribution < -0.4 is 4.74 Å². The fourth-order valence-electron chi connectivity index (χ4n) is 3.96. The molecular formula is C20H19ClO3S. The van der Waals surface area contributed by atoms with E-state index >= 15 is 0 Å². The van der Waals surface area contributed by atoms with Gasteiger partial charge in [0, 0.05) is 10.8 Å². The molecule has 2 unspecified atom stereocenters. The highest BCUT2D eigenvalue weighted by atomic mass is 35.5. The second-order valence-electron chi connectivity index (χ2n) is 6.90. The summed E-state index contributed by atoms with van der Waals surface area (Å²) >= 11 is 7.47. The largest absolute Gasteiger partial charge is 0.488 e. The van der Waals surface area contributed by atoms with Crippen LogP contribution in [0, 0.1) is 11.3 Å². The molecule has 5 heteroatoms. The summed E-state index contributed by atoms with van der Waals surface area (Å²) in [6, 6.07) is 11.8. The Balaban J connectivity index is 1.49. The molecular weight excluding hydrogens is 356 g/mol. The molecule has 1 aliphatic heterocycles. The second-order valence-corrected chi connectivity index (χ2v) is 8.70. The van der Waals surface area contributed by atoms with E-state index in [0.717, 1.165) is 38.9 Å². The summed E-state index contributed by atoms with van der Waals surface area (Å²) < 4.78 is 12.0. The Morgan fingerprint density at radius 3 is 3.04 bits per heavy atom. The van der Waals surface area contributed by atoms with Crippen molar-refractivity contribution in [1.29, 1.82) is 0 Å². The molecule has 1 aliphatic carbocycles. The van der Waals surface area contributed by atoms with Gasteiger partial charge in [0.25, 0.3) is 0 Å². The first-order valence-electron chi connectivity index (χ1n) is 8.35. The number of ether oxygens (including phenoxy) is 2. The van der Waals surface area contributed by atoms with E-state index in [1.807, 2.05) is 36.4 Å². The van der Waals surface area contributed by atoms with Crippen LogP contribution in [0.25, 0.3) is 0 Å². The SMILES string of the molecule is C=C1CC2COC(=O)C2(Cc2cccc(OCc3ccc(Cl)s3)c2)C1. The Morgan fingerprint density at radius 2 is 2.24 bits per heavy atom. The maximum absolute atomic E-state index is 12.4. The van der Waals surface area contributed by atoms with Crippen LogP contribution in [0.4, 0.5) is 0 Å². The van der Waals surface area contributed by atoms with Crippen molar-refractivity contribution in [2.75, 3.05) is 6.61 Å². The number of hydrogen-bond donors (Lipinski definition) is 0. The first kappa shape index (κ1) is 16.7. The van der Waals surface area contributed by atoms with Crippen LogP contribution in [0.1, 0.15) is 23.3 Å². The lowest BCUT2D eigenvalue weighted by Crippen LogP contribution is -2.31. The Morgan fingerprint density at radius 1 is 1.36 bits per heavy atom. The van der Waals surface area contributed by atoms with E-state index in [2.05, 4.69) is 6.58 Å². The predicted molar refractivity (Wildman–Crippen MR) is 99.1 cm³/mol. The summed E-state index contributed by atoms with van der Waals surface area (Å²) in [6.07, 6.45) is 2.30. The van der Waals surface area contributed by atoms with Crippen molar-refractivity contribution in [3.63, 3.8) is 0 Å². The summed E-state index contributed by atoms with van der Waals surface area (Å²) in [5.74, 6) is 0.985. The molecule has 2 fully saturated rings. The minimum Gasteiger partial charge on any atom is -0.488 e.